The lowest BCUT2D eigenvalue weighted by Gasteiger charge is -2.47. The summed E-state index contributed by atoms with van der Waals surface area (Å²) in [5.74, 6) is 1.23. The van der Waals surface area contributed by atoms with E-state index < -0.39 is 0 Å². The second-order valence-electron chi connectivity index (χ2n) is 11.3. The van der Waals surface area contributed by atoms with E-state index in [-0.39, 0.29) is 53.7 Å². The van der Waals surface area contributed by atoms with Crippen LogP contribution in [0.1, 0.15) is 58.4 Å². The highest BCUT2D eigenvalue weighted by Crippen LogP contribution is 2.53. The van der Waals surface area contributed by atoms with Crippen molar-refractivity contribution in [2.75, 3.05) is 6.61 Å². The van der Waals surface area contributed by atoms with Gasteiger partial charge in [-0.3, -0.25) is 4.79 Å². The Balaban J connectivity index is 1.35. The fraction of sp³-hybridized carbons (Fsp3) is 0.548. The molecule has 1 unspecified atom stereocenters. The third kappa shape index (κ3) is 5.39. The molecule has 0 radical (unpaired) electrons. The van der Waals surface area contributed by atoms with Gasteiger partial charge in [0.25, 0.3) is 0 Å². The Kier molecular flexibility index (Phi) is 7.55. The van der Waals surface area contributed by atoms with Crippen LogP contribution in [-0.4, -0.2) is 30.8 Å². The van der Waals surface area contributed by atoms with Crippen molar-refractivity contribution in [3.8, 4) is 0 Å². The molecule has 1 N–H and O–H groups in total. The van der Waals surface area contributed by atoms with Crippen molar-refractivity contribution in [3.63, 3.8) is 0 Å². The third-order valence-corrected chi connectivity index (χ3v) is 8.99. The summed E-state index contributed by atoms with van der Waals surface area (Å²) in [4.78, 5) is 24.7. The lowest BCUT2D eigenvalue weighted by molar-refractivity contribution is -0.144. The van der Waals surface area contributed by atoms with Gasteiger partial charge in [0, 0.05) is 12.0 Å². The summed E-state index contributed by atoms with van der Waals surface area (Å²) in [6.45, 7) is 6.39. The largest absolute Gasteiger partial charge is 0.462 e. The van der Waals surface area contributed by atoms with E-state index in [9.17, 15) is 14.0 Å². The molecule has 4 aliphatic rings. The molecule has 2 saturated carbocycles. The van der Waals surface area contributed by atoms with Crippen LogP contribution in [0.15, 0.2) is 54.1 Å². The number of carbonyl (C=O) groups excluding carboxylic acids is 2. The lowest BCUT2D eigenvalue weighted by atomic mass is 9.57. The first-order chi connectivity index (χ1) is 17.8. The molecule has 1 aliphatic heterocycles. The predicted octanol–water partition coefficient (Wildman–Crippen LogP) is 6.46. The van der Waals surface area contributed by atoms with Crippen LogP contribution in [0, 0.1) is 41.3 Å². The maximum atomic E-state index is 13.8. The van der Waals surface area contributed by atoms with E-state index in [1.807, 2.05) is 19.9 Å². The van der Waals surface area contributed by atoms with Crippen molar-refractivity contribution in [2.45, 2.75) is 65.0 Å². The van der Waals surface area contributed by atoms with Crippen molar-refractivity contribution in [3.05, 3.63) is 65.5 Å². The van der Waals surface area contributed by atoms with Gasteiger partial charge in [0.15, 0.2) is 0 Å². The number of rotatable bonds is 5. The van der Waals surface area contributed by atoms with Gasteiger partial charge < -0.3 is 14.8 Å². The Morgan fingerprint density at radius 1 is 1.22 bits per heavy atom. The van der Waals surface area contributed by atoms with Crippen molar-refractivity contribution in [2.24, 2.45) is 35.5 Å². The highest BCUT2D eigenvalue weighted by molar-refractivity contribution is 5.75. The molecule has 5 nitrogen and oxygen atoms in total. The topological polar surface area (TPSA) is 64.6 Å². The highest BCUT2D eigenvalue weighted by Gasteiger charge is 2.54. The molecule has 0 bridgehead atoms. The molecule has 3 fully saturated rings. The maximum absolute atomic E-state index is 13.8. The molecule has 1 saturated heterocycles. The van der Waals surface area contributed by atoms with E-state index in [0.29, 0.717) is 18.4 Å². The maximum Gasteiger partial charge on any atom is 0.407 e. The normalized spacial score (nSPS) is 35.2. The molecule has 5 rings (SSSR count). The molecule has 1 aromatic carbocycles. The first-order valence-electron chi connectivity index (χ1n) is 13.8. The smallest absolute Gasteiger partial charge is 0.407 e. The summed E-state index contributed by atoms with van der Waals surface area (Å²) in [6.07, 6.45) is 13.0. The van der Waals surface area contributed by atoms with E-state index in [1.165, 1.54) is 11.6 Å². The van der Waals surface area contributed by atoms with Gasteiger partial charge in [-0.15, -0.1) is 0 Å². The van der Waals surface area contributed by atoms with Gasteiger partial charge in [-0.2, -0.15) is 0 Å². The number of fused-ring (bicyclic) bond motifs is 2. The molecular formula is C31H38FNO4. The molecule has 1 heterocycles. The second-order valence-corrected chi connectivity index (χ2v) is 11.3. The van der Waals surface area contributed by atoms with Crippen LogP contribution in [0.25, 0.3) is 5.57 Å². The number of hydrogen-bond acceptors (Lipinski definition) is 4. The third-order valence-electron chi connectivity index (χ3n) is 8.99. The number of allylic oxidation sites excluding steroid dienone is 6. The second kappa shape index (κ2) is 10.8. The van der Waals surface area contributed by atoms with Crippen molar-refractivity contribution in [1.29, 1.82) is 0 Å². The van der Waals surface area contributed by atoms with Gasteiger partial charge >= 0.3 is 12.1 Å². The summed E-state index contributed by atoms with van der Waals surface area (Å²) >= 11 is 0. The van der Waals surface area contributed by atoms with E-state index in [2.05, 4.69) is 36.5 Å². The van der Waals surface area contributed by atoms with Crippen LogP contribution in [0.2, 0.25) is 0 Å². The average Bonchev–Trinajstić information content (AvgIpc) is 3.14. The Morgan fingerprint density at radius 2 is 2.05 bits per heavy atom. The monoisotopic (exact) mass is 507 g/mol. The summed E-state index contributed by atoms with van der Waals surface area (Å²) in [6, 6.07) is 6.89. The predicted molar refractivity (Wildman–Crippen MR) is 141 cm³/mol. The average molecular weight is 508 g/mol. The zero-order chi connectivity index (χ0) is 26.1. The van der Waals surface area contributed by atoms with Gasteiger partial charge in [-0.25, -0.2) is 9.18 Å². The Bertz CT molecular complexity index is 1120. The number of amides is 1. The molecule has 8 atom stereocenters. The van der Waals surface area contributed by atoms with Crippen molar-refractivity contribution < 1.29 is 23.5 Å². The van der Waals surface area contributed by atoms with E-state index >= 15 is 0 Å². The zero-order valence-corrected chi connectivity index (χ0v) is 22.0. The van der Waals surface area contributed by atoms with Crippen LogP contribution in [0.5, 0.6) is 0 Å². The number of alkyl carbamates (subject to hydrolysis) is 1. The standard InChI is InChI=1S/C31H38FNO4/c1-4-36-31(35)33-24-10-13-26-22(16-24)17-28-29(19(3)37-30(28)34)27(26)12-9-20-8-11-25(18(2)14-20)21-6-5-7-23(32)15-21/h5-9,11-12,15,18-19,22,24,26-29H,4,10,13-14,16-17H2,1-3H3,(H,33,35)/b12-9+/t18?,19-,22+,24-,26+,27+,28+,29-/m1/s1. The quantitative estimate of drug-likeness (QED) is 0.465. The highest BCUT2D eigenvalue weighted by atomic mass is 19.1. The summed E-state index contributed by atoms with van der Waals surface area (Å²) in [7, 11) is 0. The molecule has 3 aliphatic carbocycles. The van der Waals surface area contributed by atoms with Crippen LogP contribution in [0.4, 0.5) is 9.18 Å². The Morgan fingerprint density at radius 3 is 2.81 bits per heavy atom. The zero-order valence-electron chi connectivity index (χ0n) is 22.0. The van der Waals surface area contributed by atoms with Gasteiger partial charge in [0.2, 0.25) is 0 Å². The first kappa shape index (κ1) is 25.7. The molecule has 198 valence electrons. The molecule has 0 aromatic heterocycles. The van der Waals surface area contributed by atoms with E-state index in [0.717, 1.165) is 43.2 Å². The minimum absolute atomic E-state index is 0.0667. The SMILES string of the molecule is CCOC(=O)N[C@@H]1CC[C@H]2[C@@H](C1)C[C@@H]1C(=O)O[C@H](C)[C@@H]1[C@H]2/C=C/C1=CC=C(c2cccc(F)c2)C(C)C1. The number of esters is 1. The number of carbonyl (C=O) groups is 2. The minimum Gasteiger partial charge on any atom is -0.462 e. The lowest BCUT2D eigenvalue weighted by Crippen LogP contribution is -2.48. The van der Waals surface area contributed by atoms with Crippen LogP contribution in [0.3, 0.4) is 0 Å². The molecule has 1 amide bonds. The fourth-order valence-electron chi connectivity index (χ4n) is 7.39. The molecular weight excluding hydrogens is 469 g/mol. The molecule has 37 heavy (non-hydrogen) atoms. The summed E-state index contributed by atoms with van der Waals surface area (Å²) in [5.41, 5.74) is 3.35. The number of ether oxygens (including phenoxy) is 2. The number of benzene rings is 1. The summed E-state index contributed by atoms with van der Waals surface area (Å²) in [5, 5.41) is 3.02. The van der Waals surface area contributed by atoms with Gasteiger partial charge in [-0.05, 0) is 98.5 Å². The number of halogens is 1. The number of nitrogens with one attached hydrogen (secondary N) is 1. The fourth-order valence-corrected chi connectivity index (χ4v) is 7.39. The first-order valence-corrected chi connectivity index (χ1v) is 13.8. The molecule has 6 heteroatoms. The van der Waals surface area contributed by atoms with Gasteiger partial charge in [0.05, 0.1) is 12.5 Å². The van der Waals surface area contributed by atoms with Gasteiger partial charge in [0.1, 0.15) is 11.9 Å². The van der Waals surface area contributed by atoms with Gasteiger partial charge in [-0.1, -0.05) is 43.4 Å². The number of cyclic esters (lactones) is 1. The van der Waals surface area contributed by atoms with Crippen molar-refractivity contribution >= 4 is 17.6 Å². The van der Waals surface area contributed by atoms with Crippen molar-refractivity contribution in [1.82, 2.24) is 5.32 Å². The Hall–Kier alpha value is -2.89. The number of hydrogen-bond donors (Lipinski definition) is 1. The van der Waals surface area contributed by atoms with Crippen LogP contribution < -0.4 is 5.32 Å². The van der Waals surface area contributed by atoms with E-state index in [4.69, 9.17) is 9.47 Å². The molecule has 1 aromatic rings. The molecule has 0 spiro atoms. The van der Waals surface area contributed by atoms with Crippen LogP contribution in [-0.2, 0) is 14.3 Å². The summed E-state index contributed by atoms with van der Waals surface area (Å²) < 4.78 is 24.6. The minimum atomic E-state index is -0.353. The van der Waals surface area contributed by atoms with E-state index in [1.54, 1.807) is 12.1 Å². The Labute approximate surface area is 219 Å². The van der Waals surface area contributed by atoms with Crippen LogP contribution >= 0.6 is 0 Å².